The molecule has 4 rings (SSSR count). The van der Waals surface area contributed by atoms with E-state index in [1.165, 1.54) is 17.8 Å². The quantitative estimate of drug-likeness (QED) is 0.663. The molecule has 1 aromatic carbocycles. The number of rotatable bonds is 2. The predicted molar refractivity (Wildman–Crippen MR) is 80.6 cm³/mol. The molecule has 1 aliphatic heterocycles. The van der Waals surface area contributed by atoms with E-state index in [1.54, 1.807) is 24.3 Å². The van der Waals surface area contributed by atoms with Gasteiger partial charge in [0.25, 0.3) is 0 Å². The van der Waals surface area contributed by atoms with E-state index in [4.69, 9.17) is 14.2 Å². The highest BCUT2D eigenvalue weighted by molar-refractivity contribution is 5.90. The molecule has 8 nitrogen and oxygen atoms in total. The number of carbonyl (C=O) groups excluding carboxylic acids is 1. The molecule has 0 unspecified atom stereocenters. The van der Waals surface area contributed by atoms with Crippen LogP contribution in [0, 0.1) is 11.3 Å². The minimum absolute atomic E-state index is 0.167. The van der Waals surface area contributed by atoms with Crippen LogP contribution in [0.4, 0.5) is 0 Å². The summed E-state index contributed by atoms with van der Waals surface area (Å²) in [5.74, 6) is 0.676. The molecule has 3 heterocycles. The van der Waals surface area contributed by atoms with Gasteiger partial charge in [0.15, 0.2) is 22.8 Å². The summed E-state index contributed by atoms with van der Waals surface area (Å²) in [6.45, 7) is 0.167. The summed E-state index contributed by atoms with van der Waals surface area (Å²) in [5, 5.41) is 13.2. The summed E-state index contributed by atoms with van der Waals surface area (Å²) in [7, 11) is 1.28. The van der Waals surface area contributed by atoms with Gasteiger partial charge in [-0.1, -0.05) is 0 Å². The lowest BCUT2D eigenvalue weighted by Crippen LogP contribution is -2.10. The van der Waals surface area contributed by atoms with Crippen molar-refractivity contribution in [2.45, 2.75) is 0 Å². The van der Waals surface area contributed by atoms with Crippen LogP contribution in [0.3, 0.4) is 0 Å². The molecular formula is C16H10N4O4. The maximum absolute atomic E-state index is 12.1. The van der Waals surface area contributed by atoms with E-state index >= 15 is 0 Å². The lowest BCUT2D eigenvalue weighted by atomic mass is 10.1. The van der Waals surface area contributed by atoms with Gasteiger partial charge in [0.2, 0.25) is 6.79 Å². The maximum atomic E-state index is 12.1. The van der Waals surface area contributed by atoms with Crippen LogP contribution < -0.4 is 9.47 Å². The summed E-state index contributed by atoms with van der Waals surface area (Å²) < 4.78 is 16.7. The van der Waals surface area contributed by atoms with Crippen LogP contribution in [0.5, 0.6) is 11.5 Å². The Bertz CT molecular complexity index is 1020. The third-order valence-corrected chi connectivity index (χ3v) is 3.66. The van der Waals surface area contributed by atoms with Crippen molar-refractivity contribution in [3.05, 3.63) is 41.7 Å². The number of methoxy groups -OCH3 is 1. The van der Waals surface area contributed by atoms with Crippen LogP contribution in [0.1, 0.15) is 16.1 Å². The molecule has 0 N–H and O–H groups in total. The van der Waals surface area contributed by atoms with Crippen molar-refractivity contribution in [3.8, 4) is 28.8 Å². The first-order valence-corrected chi connectivity index (χ1v) is 6.98. The van der Waals surface area contributed by atoms with E-state index in [0.717, 1.165) is 5.56 Å². The van der Waals surface area contributed by atoms with Crippen molar-refractivity contribution in [1.29, 1.82) is 5.26 Å². The third-order valence-electron chi connectivity index (χ3n) is 3.66. The fourth-order valence-corrected chi connectivity index (χ4v) is 2.50. The second-order valence-corrected chi connectivity index (χ2v) is 4.99. The van der Waals surface area contributed by atoms with Crippen molar-refractivity contribution in [2.24, 2.45) is 0 Å². The van der Waals surface area contributed by atoms with Crippen molar-refractivity contribution >= 4 is 11.6 Å². The Balaban J connectivity index is 1.95. The third kappa shape index (κ3) is 2.03. The zero-order chi connectivity index (χ0) is 16.7. The van der Waals surface area contributed by atoms with Crippen LogP contribution in [-0.4, -0.2) is 34.5 Å². The lowest BCUT2D eigenvalue weighted by molar-refractivity contribution is 0.0590. The molecule has 0 amide bonds. The standard InChI is InChI=1S/C16H10N4O4/c1-22-16(21)12-5-11(19-15-10(6-17)7-18-20(12)15)9-2-3-13-14(4-9)24-8-23-13/h2-5,7H,8H2,1H3. The summed E-state index contributed by atoms with van der Waals surface area (Å²) in [4.78, 5) is 16.5. The van der Waals surface area contributed by atoms with Gasteiger partial charge >= 0.3 is 5.97 Å². The second kappa shape index (κ2) is 5.24. The second-order valence-electron chi connectivity index (χ2n) is 4.99. The van der Waals surface area contributed by atoms with E-state index in [0.29, 0.717) is 17.2 Å². The largest absolute Gasteiger partial charge is 0.464 e. The molecule has 8 heteroatoms. The van der Waals surface area contributed by atoms with Gasteiger partial charge in [-0.2, -0.15) is 10.4 Å². The number of ether oxygens (including phenoxy) is 3. The van der Waals surface area contributed by atoms with Gasteiger partial charge in [-0.15, -0.1) is 0 Å². The highest BCUT2D eigenvalue weighted by atomic mass is 16.7. The lowest BCUT2D eigenvalue weighted by Gasteiger charge is -2.07. The van der Waals surface area contributed by atoms with E-state index in [-0.39, 0.29) is 23.7 Å². The van der Waals surface area contributed by atoms with Crippen molar-refractivity contribution < 1.29 is 19.0 Å². The summed E-state index contributed by atoms with van der Waals surface area (Å²) in [5.41, 5.74) is 1.95. The monoisotopic (exact) mass is 322 g/mol. The number of hydrogen-bond donors (Lipinski definition) is 0. The minimum Gasteiger partial charge on any atom is -0.464 e. The molecule has 1 aliphatic rings. The van der Waals surface area contributed by atoms with Gasteiger partial charge in [-0.3, -0.25) is 0 Å². The topological polar surface area (TPSA) is 98.7 Å². The van der Waals surface area contributed by atoms with Crippen LogP contribution in [0.25, 0.3) is 16.9 Å². The highest BCUT2D eigenvalue weighted by Gasteiger charge is 2.20. The molecule has 0 spiro atoms. The smallest absolute Gasteiger partial charge is 0.356 e. The average molecular weight is 322 g/mol. The first kappa shape index (κ1) is 14.0. The van der Waals surface area contributed by atoms with Gasteiger partial charge in [0, 0.05) is 5.56 Å². The molecule has 0 fully saturated rings. The molecule has 2 aromatic heterocycles. The highest BCUT2D eigenvalue weighted by Crippen LogP contribution is 2.35. The molecule has 0 saturated heterocycles. The molecule has 118 valence electrons. The number of benzene rings is 1. The van der Waals surface area contributed by atoms with E-state index in [1.807, 2.05) is 6.07 Å². The van der Waals surface area contributed by atoms with E-state index in [2.05, 4.69) is 10.1 Å². The maximum Gasteiger partial charge on any atom is 0.356 e. The van der Waals surface area contributed by atoms with Crippen LogP contribution in [-0.2, 0) is 4.74 Å². The average Bonchev–Trinajstić information content (AvgIpc) is 3.25. The Hall–Kier alpha value is -3.60. The normalized spacial score (nSPS) is 12.2. The zero-order valence-corrected chi connectivity index (χ0v) is 12.5. The van der Waals surface area contributed by atoms with Crippen LogP contribution in [0.2, 0.25) is 0 Å². The Morgan fingerprint density at radius 1 is 1.33 bits per heavy atom. The van der Waals surface area contributed by atoms with Gasteiger partial charge < -0.3 is 14.2 Å². The summed E-state index contributed by atoms with van der Waals surface area (Å²) >= 11 is 0. The van der Waals surface area contributed by atoms with E-state index < -0.39 is 5.97 Å². The van der Waals surface area contributed by atoms with Crippen molar-refractivity contribution in [3.63, 3.8) is 0 Å². The van der Waals surface area contributed by atoms with Crippen molar-refractivity contribution in [2.75, 3.05) is 13.9 Å². The number of nitriles is 1. The molecule has 0 aliphatic carbocycles. The van der Waals surface area contributed by atoms with Crippen LogP contribution >= 0.6 is 0 Å². The first-order chi connectivity index (χ1) is 11.7. The number of aromatic nitrogens is 3. The molecule has 0 bridgehead atoms. The van der Waals surface area contributed by atoms with Gasteiger partial charge in [0.05, 0.1) is 19.0 Å². The Morgan fingerprint density at radius 2 is 2.17 bits per heavy atom. The number of hydrogen-bond acceptors (Lipinski definition) is 7. The predicted octanol–water partition coefficient (Wildman–Crippen LogP) is 1.78. The summed E-state index contributed by atoms with van der Waals surface area (Å²) in [6, 6.07) is 8.91. The molecule has 0 atom stereocenters. The van der Waals surface area contributed by atoms with Crippen molar-refractivity contribution in [1.82, 2.24) is 14.6 Å². The van der Waals surface area contributed by atoms with E-state index in [9.17, 15) is 10.1 Å². The summed E-state index contributed by atoms with van der Waals surface area (Å²) in [6.07, 6.45) is 1.36. The molecular weight excluding hydrogens is 312 g/mol. The number of carbonyl (C=O) groups is 1. The molecule has 3 aromatic rings. The first-order valence-electron chi connectivity index (χ1n) is 6.98. The Morgan fingerprint density at radius 3 is 2.96 bits per heavy atom. The molecule has 0 saturated carbocycles. The fourth-order valence-electron chi connectivity index (χ4n) is 2.50. The Labute approximate surface area is 135 Å². The molecule has 0 radical (unpaired) electrons. The van der Waals surface area contributed by atoms with Gasteiger partial charge in [0.1, 0.15) is 11.6 Å². The zero-order valence-electron chi connectivity index (χ0n) is 12.5. The minimum atomic E-state index is -0.572. The Kier molecular flexibility index (Phi) is 3.06. The van der Waals surface area contributed by atoms with Crippen LogP contribution in [0.15, 0.2) is 30.5 Å². The SMILES string of the molecule is COC(=O)c1cc(-c2ccc3c(c2)OCO3)nc2c(C#N)cnn12. The van der Waals surface area contributed by atoms with Gasteiger partial charge in [-0.05, 0) is 24.3 Å². The molecule has 24 heavy (non-hydrogen) atoms. The number of esters is 1. The number of fused-ring (bicyclic) bond motifs is 2. The number of nitrogens with zero attached hydrogens (tertiary/aromatic N) is 4. The van der Waals surface area contributed by atoms with Gasteiger partial charge in [-0.25, -0.2) is 14.3 Å². The fraction of sp³-hybridized carbons (Fsp3) is 0.125.